The first-order valence-electron chi connectivity index (χ1n) is 4.83. The Morgan fingerprint density at radius 2 is 2.40 bits per heavy atom. The Hall–Kier alpha value is 0.390. The standard InChI is InChI=1S/C8H17N2O2P3/c1-9-7(5-11)4-6-2-3-10(8(6)12)15(13)14/h5-7,9H,2-4,13-14H2,1H3. The Morgan fingerprint density at radius 1 is 1.73 bits per heavy atom. The van der Waals surface area contributed by atoms with Crippen molar-refractivity contribution in [1.82, 2.24) is 9.99 Å². The summed E-state index contributed by atoms with van der Waals surface area (Å²) in [5.41, 5.74) is 0. The van der Waals surface area contributed by atoms with E-state index in [4.69, 9.17) is 0 Å². The zero-order valence-electron chi connectivity index (χ0n) is 8.72. The molecule has 1 heterocycles. The maximum absolute atomic E-state index is 11.9. The van der Waals surface area contributed by atoms with Gasteiger partial charge in [0.15, 0.2) is 0 Å². The van der Waals surface area contributed by atoms with E-state index in [9.17, 15) is 9.59 Å². The Balaban J connectivity index is 2.52. The van der Waals surface area contributed by atoms with E-state index < -0.39 is 7.45 Å². The van der Waals surface area contributed by atoms with Crippen LogP contribution in [0.25, 0.3) is 0 Å². The van der Waals surface area contributed by atoms with Crippen molar-refractivity contribution in [2.24, 2.45) is 5.92 Å². The maximum atomic E-state index is 11.9. The van der Waals surface area contributed by atoms with E-state index >= 15 is 0 Å². The van der Waals surface area contributed by atoms with Gasteiger partial charge in [0.2, 0.25) is 5.91 Å². The van der Waals surface area contributed by atoms with Crippen LogP contribution in [0.5, 0.6) is 0 Å². The minimum absolute atomic E-state index is 0.0127. The average molecular weight is 266 g/mol. The summed E-state index contributed by atoms with van der Waals surface area (Å²) < 4.78 is 1.88. The highest BCUT2D eigenvalue weighted by atomic mass is 32.4. The second-order valence-corrected chi connectivity index (χ2v) is 9.80. The molecule has 1 aliphatic heterocycles. The molecule has 1 amide bonds. The van der Waals surface area contributed by atoms with Crippen LogP contribution in [0.4, 0.5) is 0 Å². The van der Waals surface area contributed by atoms with Crippen LogP contribution < -0.4 is 5.32 Å². The molecule has 0 bridgehead atoms. The van der Waals surface area contributed by atoms with E-state index in [1.807, 2.05) is 4.67 Å². The fourth-order valence-corrected chi connectivity index (χ4v) is 3.83. The molecule has 15 heavy (non-hydrogen) atoms. The van der Waals surface area contributed by atoms with Crippen molar-refractivity contribution >= 4 is 37.5 Å². The predicted octanol–water partition coefficient (Wildman–Crippen LogP) is 0.989. The van der Waals surface area contributed by atoms with Crippen LogP contribution in [-0.2, 0) is 9.59 Å². The molecule has 1 aliphatic rings. The topological polar surface area (TPSA) is 49.4 Å². The fourth-order valence-electron chi connectivity index (χ4n) is 1.72. The molecule has 7 heteroatoms. The van der Waals surface area contributed by atoms with Crippen molar-refractivity contribution in [3.63, 3.8) is 0 Å². The number of amides is 1. The van der Waals surface area contributed by atoms with Crippen LogP contribution in [0, 0.1) is 5.92 Å². The molecule has 0 radical (unpaired) electrons. The number of hydrogen-bond donors (Lipinski definition) is 1. The summed E-state index contributed by atoms with van der Waals surface area (Å²) in [5, 5.41) is 2.90. The third-order valence-electron chi connectivity index (χ3n) is 2.65. The van der Waals surface area contributed by atoms with Gasteiger partial charge in [0.1, 0.15) is 6.29 Å². The Kier molecular flexibility index (Phi) is 5.57. The largest absolute Gasteiger partial charge is 0.315 e. The van der Waals surface area contributed by atoms with Crippen LogP contribution in [0.1, 0.15) is 12.8 Å². The molecule has 86 valence electrons. The number of rotatable bonds is 5. The summed E-state index contributed by atoms with van der Waals surface area (Å²) in [6.45, 7) is 0.817. The van der Waals surface area contributed by atoms with Gasteiger partial charge >= 0.3 is 0 Å². The van der Waals surface area contributed by atoms with Crippen molar-refractivity contribution in [1.29, 1.82) is 0 Å². The average Bonchev–Trinajstić information content (AvgIpc) is 2.56. The van der Waals surface area contributed by atoms with E-state index in [1.165, 1.54) is 0 Å². The van der Waals surface area contributed by atoms with E-state index in [-0.39, 0.29) is 17.9 Å². The highest BCUT2D eigenvalue weighted by molar-refractivity contribution is 8.42. The number of carbonyl (C=O) groups excluding carboxylic acids is 2. The summed E-state index contributed by atoms with van der Waals surface area (Å²) in [4.78, 5) is 22.5. The maximum Gasteiger partial charge on any atom is 0.229 e. The van der Waals surface area contributed by atoms with Gasteiger partial charge in [0, 0.05) is 19.9 Å². The molecular formula is C8H17N2O2P3. The number of likely N-dealkylation sites (N-methyl/N-ethyl adjacent to an activating group) is 1. The van der Waals surface area contributed by atoms with Crippen LogP contribution >= 0.6 is 25.3 Å². The van der Waals surface area contributed by atoms with Crippen molar-refractivity contribution in [3.05, 3.63) is 0 Å². The molecule has 4 unspecified atom stereocenters. The second-order valence-electron chi connectivity index (χ2n) is 3.59. The molecule has 1 rings (SSSR count). The number of hydrogen-bond acceptors (Lipinski definition) is 3. The summed E-state index contributed by atoms with van der Waals surface area (Å²) in [5.74, 6) is 0.201. The Morgan fingerprint density at radius 3 is 2.80 bits per heavy atom. The highest BCUT2D eigenvalue weighted by Crippen LogP contribution is 2.58. The van der Waals surface area contributed by atoms with Gasteiger partial charge in [-0.2, -0.15) is 0 Å². The number of nitrogens with one attached hydrogen (secondary N) is 1. The minimum atomic E-state index is -0.493. The van der Waals surface area contributed by atoms with E-state index in [0.29, 0.717) is 6.42 Å². The molecular weight excluding hydrogens is 249 g/mol. The van der Waals surface area contributed by atoms with Crippen LogP contribution in [-0.4, -0.2) is 36.5 Å². The van der Waals surface area contributed by atoms with Crippen LogP contribution in [0.2, 0.25) is 0 Å². The van der Waals surface area contributed by atoms with E-state index in [1.54, 1.807) is 7.05 Å². The predicted molar refractivity (Wildman–Crippen MR) is 69.7 cm³/mol. The lowest BCUT2D eigenvalue weighted by Gasteiger charge is -2.20. The van der Waals surface area contributed by atoms with Gasteiger partial charge in [-0.05, 0) is 19.9 Å². The second kappa shape index (κ2) is 6.21. The monoisotopic (exact) mass is 266 g/mol. The lowest BCUT2D eigenvalue weighted by molar-refractivity contribution is -0.127. The first kappa shape index (κ1) is 13.5. The Labute approximate surface area is 95.9 Å². The lowest BCUT2D eigenvalue weighted by Crippen LogP contribution is -2.31. The van der Waals surface area contributed by atoms with Gasteiger partial charge in [0.05, 0.1) is 6.04 Å². The van der Waals surface area contributed by atoms with Gasteiger partial charge in [-0.1, -0.05) is 17.9 Å². The minimum Gasteiger partial charge on any atom is -0.315 e. The number of carbonyl (C=O) groups is 2. The summed E-state index contributed by atoms with van der Waals surface area (Å²) in [6.07, 6.45) is 2.36. The number of aldehydes is 1. The van der Waals surface area contributed by atoms with Gasteiger partial charge in [0.25, 0.3) is 0 Å². The normalized spacial score (nSPS) is 23.6. The molecule has 1 saturated heterocycles. The molecule has 0 saturated carbocycles. The highest BCUT2D eigenvalue weighted by Gasteiger charge is 2.34. The first-order valence-corrected chi connectivity index (χ1v) is 9.36. The quantitative estimate of drug-likeness (QED) is 0.596. The summed E-state index contributed by atoms with van der Waals surface area (Å²) in [6, 6.07) is -0.195. The van der Waals surface area contributed by atoms with Gasteiger partial charge < -0.3 is 14.8 Å². The number of nitrogens with zero attached hydrogens (tertiary/aromatic N) is 1. The molecule has 4 atom stereocenters. The molecule has 0 aromatic heterocycles. The summed E-state index contributed by atoms with van der Waals surface area (Å²) >= 11 is 0. The van der Waals surface area contributed by atoms with Crippen molar-refractivity contribution < 1.29 is 9.59 Å². The van der Waals surface area contributed by atoms with Crippen molar-refractivity contribution in [3.8, 4) is 0 Å². The zero-order valence-corrected chi connectivity index (χ0v) is 11.9. The Bertz CT molecular complexity index is 250. The van der Waals surface area contributed by atoms with Gasteiger partial charge in [-0.3, -0.25) is 4.79 Å². The molecule has 0 aromatic rings. The molecule has 0 aromatic carbocycles. The zero-order chi connectivity index (χ0) is 11.4. The van der Waals surface area contributed by atoms with E-state index in [0.717, 1.165) is 19.3 Å². The third-order valence-corrected chi connectivity index (χ3v) is 5.27. The smallest absolute Gasteiger partial charge is 0.229 e. The summed E-state index contributed by atoms with van der Waals surface area (Å²) in [7, 11) is 6.57. The van der Waals surface area contributed by atoms with Gasteiger partial charge in [-0.25, -0.2) is 0 Å². The molecule has 0 aliphatic carbocycles. The van der Waals surface area contributed by atoms with Crippen molar-refractivity contribution in [2.75, 3.05) is 13.6 Å². The molecule has 4 nitrogen and oxygen atoms in total. The van der Waals surface area contributed by atoms with Gasteiger partial charge in [-0.15, -0.1) is 0 Å². The molecule has 1 fully saturated rings. The van der Waals surface area contributed by atoms with Crippen molar-refractivity contribution in [2.45, 2.75) is 18.9 Å². The third kappa shape index (κ3) is 3.43. The van der Waals surface area contributed by atoms with Crippen LogP contribution in [0.3, 0.4) is 0 Å². The fraction of sp³-hybridized carbons (Fsp3) is 0.750. The van der Waals surface area contributed by atoms with Crippen LogP contribution in [0.15, 0.2) is 0 Å². The SMILES string of the molecule is CNC(C=O)CC1CCN(P(P)P)C1=O. The van der Waals surface area contributed by atoms with E-state index in [2.05, 4.69) is 23.2 Å². The lowest BCUT2D eigenvalue weighted by atomic mass is 9.99. The molecule has 1 N–H and O–H groups in total. The first-order chi connectivity index (χ1) is 7.10. The molecule has 0 spiro atoms.